The average Bonchev–Trinajstić information content (AvgIpc) is 3.50. The summed E-state index contributed by atoms with van der Waals surface area (Å²) in [6.45, 7) is 13.0. The van der Waals surface area contributed by atoms with Crippen molar-refractivity contribution in [2.75, 3.05) is 31.1 Å². The highest BCUT2D eigenvalue weighted by atomic mass is 16.6. The fourth-order valence-electron chi connectivity index (χ4n) is 4.71. The van der Waals surface area contributed by atoms with Gasteiger partial charge in [0.05, 0.1) is 23.0 Å². The van der Waals surface area contributed by atoms with Gasteiger partial charge in [-0.3, -0.25) is 4.68 Å². The van der Waals surface area contributed by atoms with Crippen molar-refractivity contribution >= 4 is 17.4 Å². The van der Waals surface area contributed by atoms with E-state index in [-0.39, 0.29) is 6.09 Å². The molecule has 4 aromatic heterocycles. The molecule has 38 heavy (non-hydrogen) atoms. The van der Waals surface area contributed by atoms with Crippen LogP contribution in [-0.4, -0.2) is 67.2 Å². The van der Waals surface area contributed by atoms with Crippen molar-refractivity contribution < 1.29 is 9.53 Å². The molecule has 0 spiro atoms. The van der Waals surface area contributed by atoms with E-state index >= 15 is 0 Å². The summed E-state index contributed by atoms with van der Waals surface area (Å²) in [4.78, 5) is 21.1. The summed E-state index contributed by atoms with van der Waals surface area (Å²) in [5.41, 5.74) is 5.45. The largest absolute Gasteiger partial charge is 0.444 e. The molecule has 10 heteroatoms. The highest BCUT2D eigenvalue weighted by Gasteiger charge is 2.26. The van der Waals surface area contributed by atoms with Crippen molar-refractivity contribution in [1.82, 2.24) is 29.3 Å². The molecule has 0 atom stereocenters. The minimum absolute atomic E-state index is 0.279. The first-order valence-electron chi connectivity index (χ1n) is 12.8. The van der Waals surface area contributed by atoms with E-state index in [1.165, 1.54) is 0 Å². The molecule has 0 radical (unpaired) electrons. The number of carbonyl (C=O) groups is 1. The molecule has 0 unspecified atom stereocenters. The molecule has 1 amide bonds. The van der Waals surface area contributed by atoms with Gasteiger partial charge in [-0.15, -0.1) is 0 Å². The third kappa shape index (κ3) is 4.92. The van der Waals surface area contributed by atoms with E-state index < -0.39 is 5.60 Å². The summed E-state index contributed by atoms with van der Waals surface area (Å²) in [5, 5.41) is 18.8. The summed E-state index contributed by atoms with van der Waals surface area (Å²) in [5.74, 6) is 0.846. The molecule has 0 bridgehead atoms. The fourth-order valence-corrected chi connectivity index (χ4v) is 4.71. The first-order chi connectivity index (χ1) is 18.2. The SMILES string of the molecule is CCn1cc(-c2cc(-c3ccc(N4CCN(C(=O)OC(C)(C)C)CC4)nc3)c3c(C#N)cnn3c2)c(C)n1. The van der Waals surface area contributed by atoms with Gasteiger partial charge in [-0.05, 0) is 52.8 Å². The van der Waals surface area contributed by atoms with Crippen molar-refractivity contribution in [3.8, 4) is 28.3 Å². The van der Waals surface area contributed by atoms with Crippen LogP contribution >= 0.6 is 0 Å². The van der Waals surface area contributed by atoms with Gasteiger partial charge in [-0.2, -0.15) is 15.5 Å². The maximum Gasteiger partial charge on any atom is 0.410 e. The van der Waals surface area contributed by atoms with E-state index in [0.717, 1.165) is 45.8 Å². The summed E-state index contributed by atoms with van der Waals surface area (Å²) in [6, 6.07) is 8.36. The molecule has 0 aliphatic carbocycles. The van der Waals surface area contributed by atoms with Crippen LogP contribution in [0.2, 0.25) is 0 Å². The summed E-state index contributed by atoms with van der Waals surface area (Å²) >= 11 is 0. The number of aryl methyl sites for hydroxylation is 2. The Hall–Kier alpha value is -4.39. The maximum atomic E-state index is 12.4. The van der Waals surface area contributed by atoms with Crippen LogP contribution in [0, 0.1) is 18.3 Å². The van der Waals surface area contributed by atoms with Crippen molar-refractivity contribution in [1.29, 1.82) is 5.26 Å². The highest BCUT2D eigenvalue weighted by Crippen LogP contribution is 2.33. The van der Waals surface area contributed by atoms with Gasteiger partial charge in [0, 0.05) is 73.6 Å². The molecule has 5 heterocycles. The minimum atomic E-state index is -0.509. The molecule has 1 saturated heterocycles. The Morgan fingerprint density at radius 3 is 2.45 bits per heavy atom. The van der Waals surface area contributed by atoms with Gasteiger partial charge >= 0.3 is 6.09 Å². The van der Waals surface area contributed by atoms with E-state index in [2.05, 4.69) is 34.2 Å². The Kier molecular flexibility index (Phi) is 6.53. The van der Waals surface area contributed by atoms with Gasteiger partial charge in [0.15, 0.2) is 0 Å². The van der Waals surface area contributed by atoms with E-state index in [0.29, 0.717) is 31.7 Å². The van der Waals surface area contributed by atoms with Crippen molar-refractivity contribution in [2.45, 2.75) is 46.8 Å². The zero-order valence-electron chi connectivity index (χ0n) is 22.5. The predicted molar refractivity (Wildman–Crippen MR) is 145 cm³/mol. The predicted octanol–water partition coefficient (Wildman–Crippen LogP) is 4.52. The second kappa shape index (κ2) is 9.82. The highest BCUT2D eigenvalue weighted by molar-refractivity contribution is 5.87. The summed E-state index contributed by atoms with van der Waals surface area (Å²) in [7, 11) is 0. The van der Waals surface area contributed by atoms with E-state index in [1.807, 2.05) is 63.1 Å². The lowest BCUT2D eigenvalue weighted by atomic mass is 10.0. The average molecular weight is 513 g/mol. The first-order valence-corrected chi connectivity index (χ1v) is 12.8. The smallest absolute Gasteiger partial charge is 0.410 e. The van der Waals surface area contributed by atoms with E-state index in [4.69, 9.17) is 9.72 Å². The van der Waals surface area contributed by atoms with Gasteiger partial charge in [0.25, 0.3) is 0 Å². The van der Waals surface area contributed by atoms with Crippen molar-refractivity contribution in [2.24, 2.45) is 0 Å². The number of rotatable bonds is 4. The summed E-state index contributed by atoms with van der Waals surface area (Å²) < 4.78 is 9.18. The minimum Gasteiger partial charge on any atom is -0.444 e. The third-order valence-electron chi connectivity index (χ3n) is 6.63. The topological polar surface area (TPSA) is 105 Å². The quantitative estimate of drug-likeness (QED) is 0.396. The number of amides is 1. The maximum absolute atomic E-state index is 12.4. The number of aromatic nitrogens is 5. The number of piperazine rings is 1. The van der Waals surface area contributed by atoms with Crippen LogP contribution in [0.15, 0.2) is 43.0 Å². The number of carbonyl (C=O) groups excluding carboxylic acids is 1. The normalized spacial score (nSPS) is 14.1. The number of hydrogen-bond donors (Lipinski definition) is 0. The standard InChI is InChI=1S/C28H32N8O2/c1-6-35-18-24(19(2)32-35)21-13-23(26-22(14-29)16-31-36(26)17-21)20-7-8-25(30-15-20)33-9-11-34(12-10-33)27(37)38-28(3,4)5/h7-8,13,15-18H,6,9-12H2,1-5H3. The van der Waals surface area contributed by atoms with Gasteiger partial charge in [-0.1, -0.05) is 0 Å². The van der Waals surface area contributed by atoms with Crippen LogP contribution in [0.1, 0.15) is 39.0 Å². The Morgan fingerprint density at radius 2 is 1.84 bits per heavy atom. The van der Waals surface area contributed by atoms with Crippen LogP contribution < -0.4 is 4.90 Å². The van der Waals surface area contributed by atoms with Gasteiger partial charge in [0.1, 0.15) is 17.5 Å². The number of pyridine rings is 2. The second-order valence-electron chi connectivity index (χ2n) is 10.4. The number of ether oxygens (including phenoxy) is 1. The molecular formula is C28H32N8O2. The molecule has 196 valence electrons. The van der Waals surface area contributed by atoms with Crippen LogP contribution in [0.5, 0.6) is 0 Å². The molecule has 1 aliphatic rings. The second-order valence-corrected chi connectivity index (χ2v) is 10.4. The number of nitriles is 1. The van der Waals surface area contributed by atoms with Crippen molar-refractivity contribution in [3.63, 3.8) is 0 Å². The Labute approximate surface area is 222 Å². The van der Waals surface area contributed by atoms with Crippen LogP contribution in [-0.2, 0) is 11.3 Å². The Balaban J connectivity index is 1.42. The van der Waals surface area contributed by atoms with Gasteiger partial charge in [-0.25, -0.2) is 14.3 Å². The lowest BCUT2D eigenvalue weighted by Gasteiger charge is -2.36. The van der Waals surface area contributed by atoms with Crippen LogP contribution in [0.25, 0.3) is 27.8 Å². The molecule has 0 aromatic carbocycles. The molecule has 0 saturated carbocycles. The van der Waals surface area contributed by atoms with Crippen LogP contribution in [0.4, 0.5) is 10.6 Å². The van der Waals surface area contributed by atoms with Gasteiger partial charge in [0.2, 0.25) is 0 Å². The molecular weight excluding hydrogens is 480 g/mol. The molecule has 1 aliphatic heterocycles. The van der Waals surface area contributed by atoms with Crippen molar-refractivity contribution in [3.05, 3.63) is 54.2 Å². The summed E-state index contributed by atoms with van der Waals surface area (Å²) in [6.07, 6.45) is 7.13. The molecule has 10 nitrogen and oxygen atoms in total. The Bertz CT molecular complexity index is 1510. The van der Waals surface area contributed by atoms with E-state index in [9.17, 15) is 10.1 Å². The monoisotopic (exact) mass is 512 g/mol. The number of anilines is 1. The zero-order valence-corrected chi connectivity index (χ0v) is 22.5. The zero-order chi connectivity index (χ0) is 27.0. The molecule has 4 aromatic rings. The lowest BCUT2D eigenvalue weighted by Crippen LogP contribution is -2.50. The lowest BCUT2D eigenvalue weighted by molar-refractivity contribution is 0.0240. The number of hydrogen-bond acceptors (Lipinski definition) is 7. The molecule has 0 N–H and O–H groups in total. The number of fused-ring (bicyclic) bond motifs is 1. The van der Waals surface area contributed by atoms with Crippen LogP contribution in [0.3, 0.4) is 0 Å². The van der Waals surface area contributed by atoms with Gasteiger partial charge < -0.3 is 14.5 Å². The third-order valence-corrected chi connectivity index (χ3v) is 6.63. The fraction of sp³-hybridized carbons (Fsp3) is 0.393. The first kappa shape index (κ1) is 25.3. The van der Waals surface area contributed by atoms with E-state index in [1.54, 1.807) is 15.6 Å². The molecule has 5 rings (SSSR count). The molecule has 1 fully saturated rings. The number of nitrogens with zero attached hydrogens (tertiary/aromatic N) is 8. The Morgan fingerprint density at radius 1 is 1.08 bits per heavy atom.